The van der Waals surface area contributed by atoms with Crippen molar-refractivity contribution in [3.8, 4) is 0 Å². The Morgan fingerprint density at radius 3 is 2.96 bits per heavy atom. The monoisotopic (exact) mass is 350 g/mol. The van der Waals surface area contributed by atoms with Crippen LogP contribution in [0.3, 0.4) is 0 Å². The summed E-state index contributed by atoms with van der Waals surface area (Å²) in [6, 6.07) is 4.12. The molecule has 124 valence electrons. The lowest BCUT2D eigenvalue weighted by Crippen LogP contribution is -2.39. The standard InChI is InChI=1S/C15H12ClFN4O3/c16-9-5-8(1-2-10(9)17)7-18-14(22)12-6-11(15(23)24)20-13-3-4-19-21(12)13/h1-2,4-6,13H,3,7H2,(H,18,22)(H,23,24). The van der Waals surface area contributed by atoms with Gasteiger partial charge in [-0.1, -0.05) is 17.7 Å². The Labute approximate surface area is 141 Å². The van der Waals surface area contributed by atoms with Gasteiger partial charge in [-0.05, 0) is 17.7 Å². The zero-order chi connectivity index (χ0) is 17.3. The molecule has 0 fully saturated rings. The molecule has 0 radical (unpaired) electrons. The molecule has 0 bridgehead atoms. The zero-order valence-corrected chi connectivity index (χ0v) is 13.0. The number of nitrogens with one attached hydrogen (secondary N) is 1. The molecule has 9 heteroatoms. The van der Waals surface area contributed by atoms with Crippen LogP contribution in [0.15, 0.2) is 40.1 Å². The Morgan fingerprint density at radius 1 is 1.46 bits per heavy atom. The maximum absolute atomic E-state index is 13.1. The third kappa shape index (κ3) is 3.13. The first-order chi connectivity index (χ1) is 11.5. The highest BCUT2D eigenvalue weighted by atomic mass is 35.5. The molecule has 0 spiro atoms. The van der Waals surface area contributed by atoms with E-state index < -0.39 is 23.9 Å². The van der Waals surface area contributed by atoms with Crippen LogP contribution in [-0.2, 0) is 16.1 Å². The highest BCUT2D eigenvalue weighted by Gasteiger charge is 2.32. The molecule has 7 nitrogen and oxygen atoms in total. The molecule has 0 aliphatic carbocycles. The summed E-state index contributed by atoms with van der Waals surface area (Å²) in [6.45, 7) is 0.109. The maximum atomic E-state index is 13.1. The van der Waals surface area contributed by atoms with Crippen molar-refractivity contribution in [2.24, 2.45) is 10.1 Å². The molecule has 1 amide bonds. The number of carbonyl (C=O) groups excluding carboxylic acids is 1. The number of carboxylic acid groups (broad SMARTS) is 1. The summed E-state index contributed by atoms with van der Waals surface area (Å²) in [6.07, 6.45) is 2.64. The molecule has 24 heavy (non-hydrogen) atoms. The van der Waals surface area contributed by atoms with E-state index in [0.29, 0.717) is 12.0 Å². The van der Waals surface area contributed by atoms with E-state index >= 15 is 0 Å². The highest BCUT2D eigenvalue weighted by Crippen LogP contribution is 2.23. The summed E-state index contributed by atoms with van der Waals surface area (Å²) in [5.74, 6) is -2.26. The molecule has 2 aliphatic rings. The van der Waals surface area contributed by atoms with Crippen molar-refractivity contribution in [3.05, 3.63) is 46.4 Å². The molecule has 0 aromatic heterocycles. The van der Waals surface area contributed by atoms with E-state index in [1.54, 1.807) is 6.21 Å². The number of aliphatic carboxylic acids is 1. The molecule has 2 aliphatic heterocycles. The van der Waals surface area contributed by atoms with Crippen molar-refractivity contribution in [3.63, 3.8) is 0 Å². The highest BCUT2D eigenvalue weighted by molar-refractivity contribution is 6.41. The molecular formula is C15H12ClFN4O3. The van der Waals surface area contributed by atoms with Gasteiger partial charge in [0.15, 0.2) is 0 Å². The normalized spacial score (nSPS) is 18.8. The minimum atomic E-state index is -1.21. The average Bonchev–Trinajstić information content (AvgIpc) is 3.03. The van der Waals surface area contributed by atoms with Crippen LogP contribution >= 0.6 is 11.6 Å². The molecule has 2 N–H and O–H groups in total. The fraction of sp³-hybridized carbons (Fsp3) is 0.200. The zero-order valence-electron chi connectivity index (χ0n) is 12.2. The first-order valence-corrected chi connectivity index (χ1v) is 7.40. The Morgan fingerprint density at radius 2 is 2.25 bits per heavy atom. The summed E-state index contributed by atoms with van der Waals surface area (Å²) >= 11 is 5.70. The number of rotatable bonds is 4. The third-order valence-electron chi connectivity index (χ3n) is 3.50. The fourth-order valence-corrected chi connectivity index (χ4v) is 2.54. The average molecular weight is 351 g/mol. The van der Waals surface area contributed by atoms with Crippen LogP contribution in [0.1, 0.15) is 12.0 Å². The Kier molecular flexibility index (Phi) is 4.30. The molecule has 1 aromatic rings. The lowest BCUT2D eigenvalue weighted by atomic mass is 10.2. The number of halogens is 2. The molecule has 2 heterocycles. The van der Waals surface area contributed by atoms with Gasteiger partial charge < -0.3 is 10.4 Å². The number of carbonyl (C=O) groups is 2. The van der Waals surface area contributed by atoms with E-state index in [0.717, 1.165) is 0 Å². The minimum Gasteiger partial charge on any atom is -0.477 e. The largest absolute Gasteiger partial charge is 0.477 e. The molecular weight excluding hydrogens is 339 g/mol. The first kappa shape index (κ1) is 16.1. The summed E-state index contributed by atoms with van der Waals surface area (Å²) in [7, 11) is 0. The number of carboxylic acids is 1. The van der Waals surface area contributed by atoms with Gasteiger partial charge >= 0.3 is 5.97 Å². The number of hydrogen-bond acceptors (Lipinski definition) is 5. The van der Waals surface area contributed by atoms with E-state index in [-0.39, 0.29) is 23.0 Å². The Bertz CT molecular complexity index is 806. The number of hydrogen-bond donors (Lipinski definition) is 2. The molecule has 0 saturated carbocycles. The molecule has 1 aromatic carbocycles. The number of aliphatic imine (C=N–C) groups is 1. The summed E-state index contributed by atoms with van der Waals surface area (Å²) in [4.78, 5) is 27.5. The van der Waals surface area contributed by atoms with Crippen LogP contribution in [0.2, 0.25) is 5.02 Å². The fourth-order valence-electron chi connectivity index (χ4n) is 2.34. The Hall–Kier alpha value is -2.74. The van der Waals surface area contributed by atoms with Gasteiger partial charge in [-0.25, -0.2) is 14.2 Å². The van der Waals surface area contributed by atoms with Crippen LogP contribution in [0.5, 0.6) is 0 Å². The van der Waals surface area contributed by atoms with Crippen LogP contribution in [0, 0.1) is 5.82 Å². The van der Waals surface area contributed by atoms with Crippen molar-refractivity contribution in [2.45, 2.75) is 19.1 Å². The number of amides is 1. The third-order valence-corrected chi connectivity index (χ3v) is 3.79. The van der Waals surface area contributed by atoms with E-state index in [2.05, 4.69) is 15.4 Å². The lowest BCUT2D eigenvalue weighted by Gasteiger charge is -2.26. The smallest absolute Gasteiger partial charge is 0.354 e. The Balaban J connectivity index is 1.75. The van der Waals surface area contributed by atoms with Gasteiger partial charge in [0.2, 0.25) is 0 Å². The van der Waals surface area contributed by atoms with Crippen LogP contribution in [0.4, 0.5) is 4.39 Å². The molecule has 1 unspecified atom stereocenters. The predicted molar refractivity (Wildman–Crippen MR) is 85.1 cm³/mol. The van der Waals surface area contributed by atoms with Crippen LogP contribution in [-0.4, -0.2) is 40.1 Å². The summed E-state index contributed by atoms with van der Waals surface area (Å²) < 4.78 is 13.1. The van der Waals surface area contributed by atoms with Crippen molar-refractivity contribution >= 4 is 35.4 Å². The van der Waals surface area contributed by atoms with Gasteiger partial charge in [-0.2, -0.15) is 5.10 Å². The van der Waals surface area contributed by atoms with Gasteiger partial charge in [0.05, 0.1) is 5.02 Å². The molecule has 3 rings (SSSR count). The topological polar surface area (TPSA) is 94.4 Å². The second kappa shape index (κ2) is 6.40. The van der Waals surface area contributed by atoms with Crippen molar-refractivity contribution in [1.29, 1.82) is 0 Å². The molecule has 0 saturated heterocycles. The molecule has 1 atom stereocenters. The van der Waals surface area contributed by atoms with Crippen molar-refractivity contribution < 1.29 is 19.1 Å². The van der Waals surface area contributed by atoms with E-state index in [1.807, 2.05) is 0 Å². The van der Waals surface area contributed by atoms with E-state index in [4.69, 9.17) is 16.7 Å². The SMILES string of the molecule is O=C(O)C1=NC2CC=NN2C(C(=O)NCc2ccc(F)c(Cl)c2)=C1. The minimum absolute atomic E-state index is 0.0388. The van der Waals surface area contributed by atoms with Gasteiger partial charge in [0.25, 0.3) is 5.91 Å². The van der Waals surface area contributed by atoms with Gasteiger partial charge in [-0.15, -0.1) is 0 Å². The van der Waals surface area contributed by atoms with E-state index in [1.165, 1.54) is 29.3 Å². The van der Waals surface area contributed by atoms with Gasteiger partial charge in [0, 0.05) is 25.3 Å². The lowest BCUT2D eigenvalue weighted by molar-refractivity contribution is -0.129. The van der Waals surface area contributed by atoms with E-state index in [9.17, 15) is 14.0 Å². The quantitative estimate of drug-likeness (QED) is 0.861. The van der Waals surface area contributed by atoms with Gasteiger partial charge in [0.1, 0.15) is 23.4 Å². The van der Waals surface area contributed by atoms with Crippen molar-refractivity contribution in [1.82, 2.24) is 10.3 Å². The number of hydrazone groups is 1. The number of benzene rings is 1. The summed E-state index contributed by atoms with van der Waals surface area (Å²) in [5, 5.41) is 17.1. The van der Waals surface area contributed by atoms with Crippen molar-refractivity contribution in [2.75, 3.05) is 0 Å². The second-order valence-corrected chi connectivity index (χ2v) is 5.55. The maximum Gasteiger partial charge on any atom is 0.354 e. The first-order valence-electron chi connectivity index (χ1n) is 7.02. The summed E-state index contributed by atoms with van der Waals surface area (Å²) in [5.41, 5.74) is 0.505. The second-order valence-electron chi connectivity index (χ2n) is 5.14. The van der Waals surface area contributed by atoms with Crippen LogP contribution < -0.4 is 5.32 Å². The number of fused-ring (bicyclic) bond motifs is 1. The predicted octanol–water partition coefficient (Wildman–Crippen LogP) is 1.54. The van der Waals surface area contributed by atoms with Crippen LogP contribution in [0.25, 0.3) is 0 Å². The van der Waals surface area contributed by atoms with Gasteiger partial charge in [-0.3, -0.25) is 9.79 Å². The number of nitrogens with zero attached hydrogens (tertiary/aromatic N) is 3.